The lowest BCUT2D eigenvalue weighted by atomic mass is 9.87. The molecule has 3 rings (SSSR count). The normalized spacial score (nSPS) is 19.7. The van der Waals surface area contributed by atoms with Gasteiger partial charge in [-0.15, -0.1) is 0 Å². The van der Waals surface area contributed by atoms with Gasteiger partial charge in [0, 0.05) is 25.2 Å². The standard InChI is InChI=1S/C28H41N3O5S/c1-4-23(11-12-28(33)13-15-36-16-14-28)30-19-20(2)31-27(32)24(17-21-7-5-6-8-21)22-9-10-26(25(29)18-22)37(3,34)35/h4,9-10,18-19,21,24,33H,2,5-8,11-17,29H2,1,3H3,(H,31,32)/b23-4-,30-19?/t24-/m1/s1. The third-order valence-corrected chi connectivity index (χ3v) is 8.64. The van der Waals surface area contributed by atoms with Crippen molar-refractivity contribution in [2.45, 2.75) is 81.1 Å². The van der Waals surface area contributed by atoms with E-state index in [1.807, 2.05) is 13.0 Å². The number of amides is 1. The summed E-state index contributed by atoms with van der Waals surface area (Å²) in [5, 5.41) is 13.6. The predicted molar refractivity (Wildman–Crippen MR) is 147 cm³/mol. The van der Waals surface area contributed by atoms with Gasteiger partial charge >= 0.3 is 0 Å². The molecule has 1 amide bonds. The van der Waals surface area contributed by atoms with Gasteiger partial charge in [0.05, 0.1) is 34.0 Å². The monoisotopic (exact) mass is 531 g/mol. The second-order valence-electron chi connectivity index (χ2n) is 10.4. The van der Waals surface area contributed by atoms with E-state index in [4.69, 9.17) is 10.5 Å². The minimum atomic E-state index is -3.46. The molecule has 1 aromatic carbocycles. The van der Waals surface area contributed by atoms with Gasteiger partial charge in [0.1, 0.15) is 0 Å². The van der Waals surface area contributed by atoms with Gasteiger partial charge in [0.25, 0.3) is 0 Å². The van der Waals surface area contributed by atoms with Crippen LogP contribution in [0.25, 0.3) is 0 Å². The number of ether oxygens (including phenoxy) is 1. The molecular weight excluding hydrogens is 490 g/mol. The first-order valence-corrected chi connectivity index (χ1v) is 15.0. The van der Waals surface area contributed by atoms with Crippen molar-refractivity contribution in [3.05, 3.63) is 47.8 Å². The number of nitrogens with one attached hydrogen (secondary N) is 1. The summed E-state index contributed by atoms with van der Waals surface area (Å²) >= 11 is 0. The Balaban J connectivity index is 1.67. The number of anilines is 1. The average molecular weight is 532 g/mol. The van der Waals surface area contributed by atoms with E-state index in [9.17, 15) is 18.3 Å². The number of nitrogens with two attached hydrogens (primary N) is 1. The van der Waals surface area contributed by atoms with Crippen LogP contribution in [0.2, 0.25) is 0 Å². The number of benzene rings is 1. The lowest BCUT2D eigenvalue weighted by Crippen LogP contribution is -2.35. The third-order valence-electron chi connectivity index (χ3n) is 7.47. The number of hydrogen-bond donors (Lipinski definition) is 3. The molecular formula is C28H41N3O5S. The van der Waals surface area contributed by atoms with Crippen LogP contribution in [0.4, 0.5) is 5.69 Å². The number of sulfone groups is 1. The highest BCUT2D eigenvalue weighted by Crippen LogP contribution is 2.36. The zero-order chi connectivity index (χ0) is 27.1. The lowest BCUT2D eigenvalue weighted by Gasteiger charge is -2.32. The Hall–Kier alpha value is -2.49. The third kappa shape index (κ3) is 8.51. The van der Waals surface area contributed by atoms with Gasteiger partial charge in [0.2, 0.25) is 5.91 Å². The van der Waals surface area contributed by atoms with Crippen molar-refractivity contribution in [1.82, 2.24) is 5.32 Å². The first-order chi connectivity index (χ1) is 17.5. The largest absolute Gasteiger partial charge is 0.398 e. The van der Waals surface area contributed by atoms with Gasteiger partial charge in [-0.2, -0.15) is 0 Å². The summed E-state index contributed by atoms with van der Waals surface area (Å²) in [6.07, 6.45) is 12.1. The van der Waals surface area contributed by atoms with Crippen LogP contribution in [0, 0.1) is 5.92 Å². The quantitative estimate of drug-likeness (QED) is 0.289. The highest BCUT2D eigenvalue weighted by atomic mass is 32.2. The number of aliphatic hydroxyl groups is 1. The van der Waals surface area contributed by atoms with Crippen molar-refractivity contribution in [2.24, 2.45) is 10.9 Å². The minimum absolute atomic E-state index is 0.0668. The Kier molecular flexibility index (Phi) is 10.1. The maximum atomic E-state index is 13.4. The number of nitrogens with zero attached hydrogens (tertiary/aromatic N) is 1. The summed E-state index contributed by atoms with van der Waals surface area (Å²) in [6, 6.07) is 4.77. The molecule has 1 saturated carbocycles. The second-order valence-corrected chi connectivity index (χ2v) is 12.4. The molecule has 0 bridgehead atoms. The van der Waals surface area contributed by atoms with E-state index >= 15 is 0 Å². The SMILES string of the molecule is C=C(C=N/C(=C\C)CCC1(O)CCOCC1)NC(=O)[C@H](CC1CCCC1)c1ccc(S(C)(=O)=O)c(N)c1. The van der Waals surface area contributed by atoms with Crippen LogP contribution in [0.3, 0.4) is 0 Å². The van der Waals surface area contributed by atoms with E-state index in [-0.39, 0.29) is 16.5 Å². The highest BCUT2D eigenvalue weighted by molar-refractivity contribution is 7.90. The number of rotatable bonds is 11. The maximum Gasteiger partial charge on any atom is 0.231 e. The average Bonchev–Trinajstić information content (AvgIpc) is 3.35. The zero-order valence-corrected chi connectivity index (χ0v) is 22.9. The first kappa shape index (κ1) is 29.1. The molecule has 0 spiro atoms. The molecule has 1 aliphatic heterocycles. The van der Waals surface area contributed by atoms with E-state index in [2.05, 4.69) is 16.9 Å². The maximum absolute atomic E-state index is 13.4. The van der Waals surface area contributed by atoms with Crippen LogP contribution in [0.5, 0.6) is 0 Å². The topological polar surface area (TPSA) is 131 Å². The van der Waals surface area contributed by atoms with Gasteiger partial charge in [-0.1, -0.05) is 44.4 Å². The van der Waals surface area contributed by atoms with Gasteiger partial charge in [-0.3, -0.25) is 9.79 Å². The molecule has 9 heteroatoms. The summed E-state index contributed by atoms with van der Waals surface area (Å²) in [5.74, 6) is -0.263. The molecule has 0 aromatic heterocycles. The smallest absolute Gasteiger partial charge is 0.231 e. The summed E-state index contributed by atoms with van der Waals surface area (Å²) in [6.45, 7) is 6.99. The van der Waals surface area contributed by atoms with Gasteiger partial charge in [-0.25, -0.2) is 8.42 Å². The number of carbonyl (C=O) groups is 1. The van der Waals surface area contributed by atoms with Crippen molar-refractivity contribution < 1.29 is 23.1 Å². The van der Waals surface area contributed by atoms with E-state index in [1.165, 1.54) is 12.3 Å². The lowest BCUT2D eigenvalue weighted by molar-refractivity contribution is -0.122. The van der Waals surface area contributed by atoms with E-state index in [1.54, 1.807) is 12.1 Å². The van der Waals surface area contributed by atoms with Crippen LogP contribution in [0.15, 0.2) is 52.1 Å². The molecule has 2 fully saturated rings. The van der Waals surface area contributed by atoms with Crippen molar-refractivity contribution >= 4 is 27.6 Å². The van der Waals surface area contributed by atoms with Gasteiger partial charge < -0.3 is 20.9 Å². The van der Waals surface area contributed by atoms with E-state index in [0.717, 1.165) is 37.6 Å². The summed E-state index contributed by atoms with van der Waals surface area (Å²) in [5.41, 5.74) is 7.35. The molecule has 1 aromatic rings. The number of hydrogen-bond acceptors (Lipinski definition) is 7. The number of carbonyl (C=O) groups excluding carboxylic acids is 1. The first-order valence-electron chi connectivity index (χ1n) is 13.1. The molecule has 0 radical (unpaired) electrons. The van der Waals surface area contributed by atoms with Crippen molar-refractivity contribution in [3.8, 4) is 0 Å². The molecule has 37 heavy (non-hydrogen) atoms. The Bertz CT molecular complexity index is 1130. The molecule has 2 aliphatic rings. The fourth-order valence-electron chi connectivity index (χ4n) is 5.18. The zero-order valence-electron chi connectivity index (χ0n) is 22.0. The summed E-state index contributed by atoms with van der Waals surface area (Å²) < 4.78 is 29.3. The summed E-state index contributed by atoms with van der Waals surface area (Å²) in [7, 11) is -3.46. The van der Waals surface area contributed by atoms with Crippen LogP contribution in [-0.4, -0.2) is 50.7 Å². The van der Waals surface area contributed by atoms with Crippen LogP contribution >= 0.6 is 0 Å². The minimum Gasteiger partial charge on any atom is -0.398 e. The number of allylic oxidation sites excluding steroid dienone is 3. The summed E-state index contributed by atoms with van der Waals surface area (Å²) in [4.78, 5) is 17.9. The van der Waals surface area contributed by atoms with E-state index < -0.39 is 21.4 Å². The number of aliphatic imine (C=N–C) groups is 1. The van der Waals surface area contributed by atoms with E-state index in [0.29, 0.717) is 62.5 Å². The molecule has 1 atom stereocenters. The molecule has 1 aliphatic carbocycles. The Morgan fingerprint density at radius 3 is 2.59 bits per heavy atom. The molecule has 4 N–H and O–H groups in total. The van der Waals surface area contributed by atoms with Crippen molar-refractivity contribution in [2.75, 3.05) is 25.2 Å². The Morgan fingerprint density at radius 2 is 2.00 bits per heavy atom. The van der Waals surface area contributed by atoms with Crippen LogP contribution in [0.1, 0.15) is 76.2 Å². The fourth-order valence-corrected chi connectivity index (χ4v) is 5.98. The number of nitrogen functional groups attached to an aromatic ring is 1. The van der Waals surface area contributed by atoms with Crippen molar-refractivity contribution in [1.29, 1.82) is 0 Å². The molecule has 0 unspecified atom stereocenters. The van der Waals surface area contributed by atoms with Gasteiger partial charge in [0.15, 0.2) is 9.84 Å². The molecule has 204 valence electrons. The predicted octanol–water partition coefficient (Wildman–Crippen LogP) is 4.26. The second kappa shape index (κ2) is 12.8. The van der Waals surface area contributed by atoms with Crippen LogP contribution in [-0.2, 0) is 19.4 Å². The molecule has 1 heterocycles. The molecule has 1 saturated heterocycles. The fraction of sp³-hybridized carbons (Fsp3) is 0.571. The van der Waals surface area contributed by atoms with Crippen molar-refractivity contribution in [3.63, 3.8) is 0 Å². The van der Waals surface area contributed by atoms with Crippen LogP contribution < -0.4 is 11.1 Å². The molecule has 8 nitrogen and oxygen atoms in total. The highest BCUT2D eigenvalue weighted by Gasteiger charge is 2.30. The Labute approximate surface area is 221 Å². The Morgan fingerprint density at radius 1 is 1.32 bits per heavy atom. The van der Waals surface area contributed by atoms with Gasteiger partial charge in [-0.05, 0) is 62.6 Å².